The molecule has 0 aliphatic carbocycles. The van der Waals surface area contributed by atoms with E-state index in [1.807, 2.05) is 0 Å². The Hall–Kier alpha value is -0.870. The molecule has 0 aromatic heterocycles. The average molecular weight is 243 g/mol. The van der Waals surface area contributed by atoms with Gasteiger partial charge in [-0.25, -0.2) is 0 Å². The first kappa shape index (κ1) is 16.1. The molecular formula is C13H25NO3. The van der Waals surface area contributed by atoms with Crippen molar-refractivity contribution in [2.24, 2.45) is 5.73 Å². The molecule has 2 aliphatic rings. The van der Waals surface area contributed by atoms with Gasteiger partial charge in [0.15, 0.2) is 0 Å². The maximum atomic E-state index is 9.47. The molecule has 0 atom stereocenters. The fraction of sp³-hybridized carbons (Fsp3) is 0.769. The van der Waals surface area contributed by atoms with E-state index in [4.69, 9.17) is 9.47 Å². The third-order valence-corrected chi connectivity index (χ3v) is 2.36. The molecule has 0 aromatic rings. The summed E-state index contributed by atoms with van der Waals surface area (Å²) in [5, 5.41) is 0. The van der Waals surface area contributed by atoms with E-state index in [0.717, 1.165) is 32.5 Å². The number of carbonyl (C=O) groups excluding carboxylic acids is 1. The lowest BCUT2D eigenvalue weighted by Crippen LogP contribution is -2.04. The number of rotatable bonds is 1. The summed E-state index contributed by atoms with van der Waals surface area (Å²) in [7, 11) is 0. The quantitative estimate of drug-likeness (QED) is 0.717. The van der Waals surface area contributed by atoms with E-state index in [0.29, 0.717) is 0 Å². The molecule has 2 rings (SSSR count). The van der Waals surface area contributed by atoms with Crippen LogP contribution in [0.5, 0.6) is 0 Å². The topological polar surface area (TPSA) is 61.6 Å². The summed E-state index contributed by atoms with van der Waals surface area (Å²) in [6.45, 7) is 7.09. The van der Waals surface area contributed by atoms with Gasteiger partial charge in [-0.15, -0.1) is 0 Å². The lowest BCUT2D eigenvalue weighted by Gasteiger charge is -2.08. The Morgan fingerprint density at radius 1 is 0.882 bits per heavy atom. The van der Waals surface area contributed by atoms with Gasteiger partial charge in [-0.2, -0.15) is 0 Å². The smallest absolute Gasteiger partial charge is 0.240 e. The van der Waals surface area contributed by atoms with Crippen molar-refractivity contribution in [1.29, 1.82) is 0 Å². The van der Waals surface area contributed by atoms with Crippen LogP contribution in [0.2, 0.25) is 0 Å². The number of nitrogens with two attached hydrogens (primary N) is 1. The molecular weight excluding hydrogens is 218 g/mol. The molecule has 17 heavy (non-hydrogen) atoms. The fourth-order valence-electron chi connectivity index (χ4n) is 1.37. The van der Waals surface area contributed by atoms with Gasteiger partial charge in [0.2, 0.25) is 5.91 Å². The zero-order valence-electron chi connectivity index (χ0n) is 10.7. The molecule has 2 aliphatic heterocycles. The summed E-state index contributed by atoms with van der Waals surface area (Å²) in [5.74, 6) is -0.481. The number of amides is 1. The second-order valence-electron chi connectivity index (χ2n) is 3.95. The Balaban J connectivity index is 0.000000228. The summed E-state index contributed by atoms with van der Waals surface area (Å²) in [4.78, 5) is 9.47. The summed E-state index contributed by atoms with van der Waals surface area (Å²) in [6.07, 6.45) is 8.92. The molecule has 100 valence electrons. The molecule has 2 N–H and O–H groups in total. The van der Waals surface area contributed by atoms with Crippen molar-refractivity contribution in [2.75, 3.05) is 26.4 Å². The van der Waals surface area contributed by atoms with E-state index < -0.39 is 5.91 Å². The van der Waals surface area contributed by atoms with Gasteiger partial charge >= 0.3 is 0 Å². The van der Waals surface area contributed by atoms with Crippen molar-refractivity contribution >= 4 is 5.91 Å². The molecule has 0 bridgehead atoms. The van der Waals surface area contributed by atoms with Crippen LogP contribution < -0.4 is 5.73 Å². The molecule has 4 nitrogen and oxygen atoms in total. The van der Waals surface area contributed by atoms with Crippen LogP contribution in [0.25, 0.3) is 0 Å². The van der Waals surface area contributed by atoms with E-state index in [-0.39, 0.29) is 0 Å². The molecule has 0 unspecified atom stereocenters. The molecule has 0 spiro atoms. The van der Waals surface area contributed by atoms with Gasteiger partial charge in [-0.05, 0) is 44.6 Å². The van der Waals surface area contributed by atoms with E-state index in [2.05, 4.69) is 12.3 Å². The van der Waals surface area contributed by atoms with Crippen LogP contribution in [-0.4, -0.2) is 32.3 Å². The molecule has 2 fully saturated rings. The van der Waals surface area contributed by atoms with Gasteiger partial charge in [0, 0.05) is 26.4 Å². The highest BCUT2D eigenvalue weighted by Gasteiger charge is 1.95. The molecule has 0 radical (unpaired) electrons. The Morgan fingerprint density at radius 3 is 1.24 bits per heavy atom. The molecule has 4 heteroatoms. The Kier molecular flexibility index (Phi) is 12.5. The van der Waals surface area contributed by atoms with Crippen molar-refractivity contribution in [1.82, 2.24) is 0 Å². The number of carbonyl (C=O) groups is 1. The maximum absolute atomic E-state index is 9.47. The van der Waals surface area contributed by atoms with E-state index in [9.17, 15) is 4.79 Å². The highest BCUT2D eigenvalue weighted by molar-refractivity contribution is 5.84. The largest absolute Gasteiger partial charge is 0.381 e. The summed E-state index contributed by atoms with van der Waals surface area (Å²) in [5.41, 5.74) is 4.53. The molecule has 0 aromatic carbocycles. The zero-order valence-corrected chi connectivity index (χ0v) is 10.7. The fourth-order valence-corrected chi connectivity index (χ4v) is 1.37. The van der Waals surface area contributed by atoms with Crippen LogP contribution in [0.1, 0.15) is 38.5 Å². The van der Waals surface area contributed by atoms with Crippen LogP contribution in [0.3, 0.4) is 0 Å². The zero-order chi connectivity index (χ0) is 12.8. The number of primary amides is 1. The lowest BCUT2D eigenvalue weighted by atomic mass is 10.2. The lowest BCUT2D eigenvalue weighted by molar-refractivity contribution is -0.113. The van der Waals surface area contributed by atoms with Crippen molar-refractivity contribution in [3.05, 3.63) is 12.7 Å². The summed E-state index contributed by atoms with van der Waals surface area (Å²) >= 11 is 0. The van der Waals surface area contributed by atoms with Gasteiger partial charge in [-0.3, -0.25) is 4.79 Å². The molecule has 2 heterocycles. The molecule has 1 amide bonds. The van der Waals surface area contributed by atoms with Crippen LogP contribution in [-0.2, 0) is 14.3 Å². The van der Waals surface area contributed by atoms with Crippen molar-refractivity contribution in [2.45, 2.75) is 38.5 Å². The number of ether oxygens (including phenoxy) is 2. The van der Waals surface area contributed by atoms with Crippen LogP contribution in [0, 0.1) is 0 Å². The van der Waals surface area contributed by atoms with Gasteiger partial charge in [0.05, 0.1) is 0 Å². The van der Waals surface area contributed by atoms with Crippen molar-refractivity contribution < 1.29 is 14.3 Å². The Bertz CT molecular complexity index is 152. The number of hydrogen-bond donors (Lipinski definition) is 1. The first-order valence-electron chi connectivity index (χ1n) is 6.34. The Morgan fingerprint density at radius 2 is 1.18 bits per heavy atom. The predicted octanol–water partition coefficient (Wildman–Crippen LogP) is 2.03. The number of hydrogen-bond acceptors (Lipinski definition) is 3. The SMILES string of the molecule is C1CCOCC1.C1CCOCC1.C=CC(N)=O. The van der Waals surface area contributed by atoms with E-state index in [1.165, 1.54) is 38.5 Å². The third kappa shape index (κ3) is 15.1. The predicted molar refractivity (Wildman–Crippen MR) is 68.7 cm³/mol. The van der Waals surface area contributed by atoms with Gasteiger partial charge in [0.1, 0.15) is 0 Å². The minimum Gasteiger partial charge on any atom is -0.381 e. The highest BCUT2D eigenvalue weighted by Crippen LogP contribution is 2.02. The van der Waals surface area contributed by atoms with E-state index >= 15 is 0 Å². The normalized spacial score (nSPS) is 18.8. The van der Waals surface area contributed by atoms with Gasteiger partial charge < -0.3 is 15.2 Å². The van der Waals surface area contributed by atoms with Gasteiger partial charge in [0.25, 0.3) is 0 Å². The standard InChI is InChI=1S/2C5H10O.C3H5NO/c2*1-2-4-6-5-3-1;1-2-3(4)5/h2*1-5H2;2H,1H2,(H2,4,5). The van der Waals surface area contributed by atoms with Crippen LogP contribution in [0.4, 0.5) is 0 Å². The van der Waals surface area contributed by atoms with Gasteiger partial charge in [-0.1, -0.05) is 6.58 Å². The van der Waals surface area contributed by atoms with E-state index in [1.54, 1.807) is 0 Å². The second kappa shape index (κ2) is 13.2. The average Bonchev–Trinajstić information content (AvgIpc) is 2.44. The van der Waals surface area contributed by atoms with Crippen molar-refractivity contribution in [3.63, 3.8) is 0 Å². The van der Waals surface area contributed by atoms with Crippen LogP contribution >= 0.6 is 0 Å². The second-order valence-corrected chi connectivity index (χ2v) is 3.95. The monoisotopic (exact) mass is 243 g/mol. The maximum Gasteiger partial charge on any atom is 0.240 e. The minimum absolute atomic E-state index is 0.481. The Labute approximate surface area is 104 Å². The molecule has 0 saturated carbocycles. The first-order chi connectivity index (χ1) is 8.27. The summed E-state index contributed by atoms with van der Waals surface area (Å²) < 4.78 is 10.1. The summed E-state index contributed by atoms with van der Waals surface area (Å²) in [6, 6.07) is 0. The third-order valence-electron chi connectivity index (χ3n) is 2.36. The van der Waals surface area contributed by atoms with Crippen LogP contribution in [0.15, 0.2) is 12.7 Å². The minimum atomic E-state index is -0.481. The first-order valence-corrected chi connectivity index (χ1v) is 6.34. The highest BCUT2D eigenvalue weighted by atomic mass is 16.5. The van der Waals surface area contributed by atoms with Crippen molar-refractivity contribution in [3.8, 4) is 0 Å². The molecule has 2 saturated heterocycles.